The topological polar surface area (TPSA) is 116 Å². The van der Waals surface area contributed by atoms with Gasteiger partial charge in [0.15, 0.2) is 0 Å². The number of hydrogen-bond donors (Lipinski definition) is 0. The van der Waals surface area contributed by atoms with Crippen molar-refractivity contribution in [2.24, 2.45) is 0 Å². The van der Waals surface area contributed by atoms with Crippen LogP contribution in [0.4, 0.5) is 0 Å². The van der Waals surface area contributed by atoms with Crippen molar-refractivity contribution < 1.29 is 47.5 Å². The average molecular weight is 549 g/mol. The van der Waals surface area contributed by atoms with Gasteiger partial charge in [-0.2, -0.15) is 0 Å². The third-order valence-electron chi connectivity index (χ3n) is 4.93. The van der Waals surface area contributed by atoms with Crippen LogP contribution in [-0.2, 0) is 19.1 Å². The SMILES string of the molecule is C=C(C)C(=O)OCOc1ccc(OCOc2ccc(OC(=O)c3ccc(OCOC(=O)C(=C)C)cc3)cc2)cc1. The molecule has 0 N–H and O–H groups in total. The Hall–Kier alpha value is -5.25. The Kier molecular flexibility index (Phi) is 10.7. The van der Waals surface area contributed by atoms with Crippen molar-refractivity contribution in [1.82, 2.24) is 0 Å². The molecule has 3 aromatic carbocycles. The molecule has 0 aliphatic carbocycles. The van der Waals surface area contributed by atoms with Gasteiger partial charge < -0.3 is 33.2 Å². The van der Waals surface area contributed by atoms with Crippen LogP contribution in [0.5, 0.6) is 28.7 Å². The zero-order valence-electron chi connectivity index (χ0n) is 22.0. The number of esters is 3. The maximum absolute atomic E-state index is 12.4. The Morgan fingerprint density at radius 3 is 1.23 bits per heavy atom. The lowest BCUT2D eigenvalue weighted by Gasteiger charge is -2.11. The van der Waals surface area contributed by atoms with E-state index in [2.05, 4.69) is 13.2 Å². The molecule has 0 unspecified atom stereocenters. The fourth-order valence-electron chi connectivity index (χ4n) is 2.80. The van der Waals surface area contributed by atoms with Crippen molar-refractivity contribution in [3.8, 4) is 28.7 Å². The number of carbonyl (C=O) groups excluding carboxylic acids is 3. The van der Waals surface area contributed by atoms with Gasteiger partial charge >= 0.3 is 17.9 Å². The van der Waals surface area contributed by atoms with Gasteiger partial charge in [0.25, 0.3) is 0 Å². The standard InChI is InChI=1S/C30H28O10/c1-20(2)28(31)38-18-36-23-7-5-22(6-8-23)30(33)40-27-15-13-26(14-16-27)35-17-34-24-9-11-25(12-10-24)37-19-39-29(32)21(3)4/h5-16H,1,3,17-19H2,2,4H3. The van der Waals surface area contributed by atoms with E-state index in [0.717, 1.165) is 0 Å². The summed E-state index contributed by atoms with van der Waals surface area (Å²) in [6.45, 7) is 9.51. The van der Waals surface area contributed by atoms with Crippen LogP contribution in [0.15, 0.2) is 97.1 Å². The van der Waals surface area contributed by atoms with Crippen LogP contribution in [0, 0.1) is 0 Å². The van der Waals surface area contributed by atoms with Gasteiger partial charge in [-0.3, -0.25) is 0 Å². The monoisotopic (exact) mass is 548 g/mol. The predicted molar refractivity (Wildman–Crippen MR) is 143 cm³/mol. The summed E-state index contributed by atoms with van der Waals surface area (Å²) in [7, 11) is 0. The highest BCUT2D eigenvalue weighted by atomic mass is 16.7. The minimum Gasteiger partial charge on any atom is -0.457 e. The first-order valence-electron chi connectivity index (χ1n) is 11.9. The summed E-state index contributed by atoms with van der Waals surface area (Å²) < 4.78 is 36.9. The van der Waals surface area contributed by atoms with Crippen LogP contribution in [0.3, 0.4) is 0 Å². The Balaban J connectivity index is 1.38. The second-order valence-corrected chi connectivity index (χ2v) is 8.21. The average Bonchev–Trinajstić information content (AvgIpc) is 2.95. The maximum atomic E-state index is 12.4. The van der Waals surface area contributed by atoms with E-state index in [1.807, 2.05) is 0 Å². The number of rotatable bonds is 14. The van der Waals surface area contributed by atoms with E-state index in [1.54, 1.807) is 67.6 Å². The molecule has 10 heteroatoms. The van der Waals surface area contributed by atoms with E-state index in [0.29, 0.717) is 39.9 Å². The van der Waals surface area contributed by atoms with Crippen molar-refractivity contribution in [1.29, 1.82) is 0 Å². The molecule has 208 valence electrons. The lowest BCUT2D eigenvalue weighted by atomic mass is 10.2. The van der Waals surface area contributed by atoms with Gasteiger partial charge in [0.1, 0.15) is 28.7 Å². The van der Waals surface area contributed by atoms with Crippen molar-refractivity contribution in [3.05, 3.63) is 103 Å². The molecular formula is C30H28O10. The van der Waals surface area contributed by atoms with Gasteiger partial charge in [-0.15, -0.1) is 0 Å². The highest BCUT2D eigenvalue weighted by molar-refractivity contribution is 5.91. The van der Waals surface area contributed by atoms with E-state index in [1.165, 1.54) is 19.1 Å². The smallest absolute Gasteiger partial charge is 0.343 e. The van der Waals surface area contributed by atoms with Crippen molar-refractivity contribution in [3.63, 3.8) is 0 Å². The zero-order chi connectivity index (χ0) is 28.9. The summed E-state index contributed by atoms with van der Waals surface area (Å²) in [4.78, 5) is 35.1. The largest absolute Gasteiger partial charge is 0.457 e. The molecule has 0 saturated heterocycles. The number of benzene rings is 3. The normalized spacial score (nSPS) is 10.1. The minimum absolute atomic E-state index is 0.0591. The van der Waals surface area contributed by atoms with Gasteiger partial charge in [-0.1, -0.05) is 13.2 Å². The zero-order valence-corrected chi connectivity index (χ0v) is 22.0. The second-order valence-electron chi connectivity index (χ2n) is 8.21. The van der Waals surface area contributed by atoms with Crippen LogP contribution >= 0.6 is 0 Å². The summed E-state index contributed by atoms with van der Waals surface area (Å²) in [6, 6.07) is 19.3. The van der Waals surface area contributed by atoms with Crippen LogP contribution in [-0.4, -0.2) is 38.3 Å². The highest BCUT2D eigenvalue weighted by Crippen LogP contribution is 2.21. The summed E-state index contributed by atoms with van der Waals surface area (Å²) in [5, 5.41) is 0. The van der Waals surface area contributed by atoms with Crippen molar-refractivity contribution in [2.75, 3.05) is 20.4 Å². The third-order valence-corrected chi connectivity index (χ3v) is 4.93. The molecule has 0 amide bonds. The Bertz CT molecular complexity index is 1330. The molecule has 0 fully saturated rings. The minimum atomic E-state index is -0.557. The van der Waals surface area contributed by atoms with E-state index >= 15 is 0 Å². The molecule has 3 rings (SSSR count). The fourth-order valence-corrected chi connectivity index (χ4v) is 2.80. The molecule has 0 heterocycles. The Morgan fingerprint density at radius 1 is 0.525 bits per heavy atom. The van der Waals surface area contributed by atoms with E-state index < -0.39 is 17.9 Å². The number of carbonyl (C=O) groups is 3. The summed E-state index contributed by atoms with van der Waals surface area (Å²) in [5.41, 5.74) is 0.870. The number of hydrogen-bond acceptors (Lipinski definition) is 10. The van der Waals surface area contributed by atoms with Crippen LogP contribution in [0.1, 0.15) is 24.2 Å². The third kappa shape index (κ3) is 9.56. The second kappa shape index (κ2) is 14.6. The molecule has 0 aliphatic heterocycles. The lowest BCUT2D eigenvalue weighted by molar-refractivity contribution is -0.146. The lowest BCUT2D eigenvalue weighted by Crippen LogP contribution is -2.11. The molecule has 3 aromatic rings. The van der Waals surface area contributed by atoms with Crippen LogP contribution < -0.4 is 23.7 Å². The summed E-state index contributed by atoms with van der Waals surface area (Å²) in [5.74, 6) is 0.659. The molecular weight excluding hydrogens is 520 g/mol. The first kappa shape index (κ1) is 29.3. The molecule has 0 aliphatic rings. The molecule has 0 radical (unpaired) electrons. The molecule has 0 atom stereocenters. The van der Waals surface area contributed by atoms with E-state index in [-0.39, 0.29) is 26.0 Å². The quantitative estimate of drug-likeness (QED) is 0.115. The van der Waals surface area contributed by atoms with Crippen molar-refractivity contribution >= 4 is 17.9 Å². The molecule has 0 aromatic heterocycles. The first-order chi connectivity index (χ1) is 19.2. The predicted octanol–water partition coefficient (Wildman–Crippen LogP) is 5.23. The molecule has 0 bridgehead atoms. The maximum Gasteiger partial charge on any atom is 0.343 e. The molecule has 0 saturated carbocycles. The number of ether oxygens (including phenoxy) is 7. The Morgan fingerprint density at radius 2 is 0.850 bits per heavy atom. The van der Waals surface area contributed by atoms with Gasteiger partial charge in [-0.25, -0.2) is 14.4 Å². The van der Waals surface area contributed by atoms with Gasteiger partial charge in [0.05, 0.1) is 5.56 Å². The first-order valence-corrected chi connectivity index (χ1v) is 11.9. The van der Waals surface area contributed by atoms with E-state index in [4.69, 9.17) is 33.2 Å². The highest BCUT2D eigenvalue weighted by Gasteiger charge is 2.10. The molecule has 0 spiro atoms. The van der Waals surface area contributed by atoms with Crippen LogP contribution in [0.25, 0.3) is 0 Å². The van der Waals surface area contributed by atoms with Crippen molar-refractivity contribution in [2.45, 2.75) is 13.8 Å². The van der Waals surface area contributed by atoms with Gasteiger partial charge in [0, 0.05) is 11.1 Å². The fraction of sp³-hybridized carbons (Fsp3) is 0.167. The molecule has 10 nitrogen and oxygen atoms in total. The molecule has 40 heavy (non-hydrogen) atoms. The van der Waals surface area contributed by atoms with E-state index in [9.17, 15) is 14.4 Å². The van der Waals surface area contributed by atoms with Gasteiger partial charge in [0.2, 0.25) is 20.4 Å². The summed E-state index contributed by atoms with van der Waals surface area (Å²) in [6.07, 6.45) is 0. The summed E-state index contributed by atoms with van der Waals surface area (Å²) >= 11 is 0. The van der Waals surface area contributed by atoms with Gasteiger partial charge in [-0.05, 0) is 86.6 Å². The Labute approximate surface area is 231 Å². The van der Waals surface area contributed by atoms with Crippen LogP contribution in [0.2, 0.25) is 0 Å².